The molecule has 4 nitrogen and oxygen atoms in total. The lowest BCUT2D eigenvalue weighted by atomic mass is 10.1. The Hall–Kier alpha value is -3.18. The molecular weight excluding hydrogens is 506 g/mol. The predicted octanol–water partition coefficient (Wildman–Crippen LogP) is 5.79. The molecule has 0 radical (unpaired) electrons. The van der Waals surface area contributed by atoms with Crippen LogP contribution in [0.2, 0.25) is 0 Å². The SMILES string of the molecule is C[C@@H](NC(=O)/C(C#N)=C\c1ccc(OCc2ccccc2F)c(I)c1)c1ccccc1. The van der Waals surface area contributed by atoms with Crippen molar-refractivity contribution in [3.8, 4) is 11.8 Å². The minimum absolute atomic E-state index is 0.0126. The summed E-state index contributed by atoms with van der Waals surface area (Å²) in [7, 11) is 0. The zero-order valence-electron chi connectivity index (χ0n) is 16.8. The number of nitrogens with one attached hydrogen (secondary N) is 1. The molecule has 0 saturated heterocycles. The molecule has 31 heavy (non-hydrogen) atoms. The summed E-state index contributed by atoms with van der Waals surface area (Å²) in [5.41, 5.74) is 2.14. The Balaban J connectivity index is 1.69. The molecular formula is C25H20FIN2O2. The number of ether oxygens (including phenoxy) is 1. The van der Waals surface area contributed by atoms with Crippen LogP contribution >= 0.6 is 22.6 Å². The highest BCUT2D eigenvalue weighted by atomic mass is 127. The summed E-state index contributed by atoms with van der Waals surface area (Å²) >= 11 is 2.11. The maximum absolute atomic E-state index is 13.8. The van der Waals surface area contributed by atoms with E-state index in [4.69, 9.17) is 4.74 Å². The smallest absolute Gasteiger partial charge is 0.262 e. The highest BCUT2D eigenvalue weighted by Crippen LogP contribution is 2.25. The lowest BCUT2D eigenvalue weighted by Crippen LogP contribution is -2.27. The molecule has 1 amide bonds. The number of hydrogen-bond donors (Lipinski definition) is 1. The first kappa shape index (κ1) is 22.5. The molecule has 0 bridgehead atoms. The molecule has 3 aromatic rings. The van der Waals surface area contributed by atoms with Crippen LogP contribution in [0, 0.1) is 20.7 Å². The summed E-state index contributed by atoms with van der Waals surface area (Å²) in [5.74, 6) is -0.151. The van der Waals surface area contributed by atoms with Crippen molar-refractivity contribution in [1.82, 2.24) is 5.32 Å². The van der Waals surface area contributed by atoms with Crippen molar-refractivity contribution in [2.45, 2.75) is 19.6 Å². The fourth-order valence-corrected chi connectivity index (χ4v) is 3.60. The zero-order chi connectivity index (χ0) is 22.2. The van der Waals surface area contributed by atoms with Crippen molar-refractivity contribution in [3.05, 3.63) is 104 Å². The molecule has 6 heteroatoms. The Kier molecular flexibility index (Phi) is 7.79. The molecule has 0 saturated carbocycles. The van der Waals surface area contributed by atoms with Crippen molar-refractivity contribution < 1.29 is 13.9 Å². The maximum atomic E-state index is 13.8. The molecule has 0 aliphatic rings. The maximum Gasteiger partial charge on any atom is 0.262 e. The summed E-state index contributed by atoms with van der Waals surface area (Å²) in [6.07, 6.45) is 1.54. The molecule has 1 N–H and O–H groups in total. The lowest BCUT2D eigenvalue weighted by Gasteiger charge is -2.14. The number of rotatable bonds is 7. The highest BCUT2D eigenvalue weighted by Gasteiger charge is 2.14. The van der Waals surface area contributed by atoms with Crippen LogP contribution in [0.3, 0.4) is 0 Å². The normalized spacial score (nSPS) is 12.0. The molecule has 0 aromatic heterocycles. The first-order chi connectivity index (χ1) is 15.0. The van der Waals surface area contributed by atoms with Crippen molar-refractivity contribution in [3.63, 3.8) is 0 Å². The number of nitrogens with zero attached hydrogens (tertiary/aromatic N) is 1. The second-order valence-electron chi connectivity index (χ2n) is 6.85. The molecule has 0 aliphatic heterocycles. The van der Waals surface area contributed by atoms with Gasteiger partial charge in [0.15, 0.2) is 0 Å². The number of carbonyl (C=O) groups is 1. The van der Waals surface area contributed by atoms with Crippen molar-refractivity contribution >= 4 is 34.6 Å². The number of carbonyl (C=O) groups excluding carboxylic acids is 1. The van der Waals surface area contributed by atoms with Crippen LogP contribution in [0.5, 0.6) is 5.75 Å². The summed E-state index contributed by atoms with van der Waals surface area (Å²) in [6.45, 7) is 1.98. The first-order valence-corrected chi connectivity index (χ1v) is 10.7. The summed E-state index contributed by atoms with van der Waals surface area (Å²) in [5, 5.41) is 12.3. The molecule has 3 aromatic carbocycles. The molecule has 1 atom stereocenters. The van der Waals surface area contributed by atoms with Gasteiger partial charge < -0.3 is 10.1 Å². The Morgan fingerprint density at radius 1 is 1.16 bits per heavy atom. The molecule has 3 rings (SSSR count). The number of hydrogen-bond acceptors (Lipinski definition) is 3. The largest absolute Gasteiger partial charge is 0.488 e. The van der Waals surface area contributed by atoms with Crippen LogP contribution < -0.4 is 10.1 Å². The average molecular weight is 526 g/mol. The van der Waals surface area contributed by atoms with Gasteiger partial charge in [-0.2, -0.15) is 5.26 Å². The van der Waals surface area contributed by atoms with E-state index in [0.29, 0.717) is 16.9 Å². The zero-order valence-corrected chi connectivity index (χ0v) is 19.0. The summed E-state index contributed by atoms with van der Waals surface area (Å²) in [4.78, 5) is 12.5. The predicted molar refractivity (Wildman–Crippen MR) is 126 cm³/mol. The number of halogens is 2. The first-order valence-electron chi connectivity index (χ1n) is 9.61. The van der Waals surface area contributed by atoms with E-state index in [1.165, 1.54) is 12.1 Å². The van der Waals surface area contributed by atoms with Crippen LogP contribution in [-0.2, 0) is 11.4 Å². The van der Waals surface area contributed by atoms with E-state index in [-0.39, 0.29) is 24.0 Å². The van der Waals surface area contributed by atoms with E-state index in [1.54, 1.807) is 30.3 Å². The van der Waals surface area contributed by atoms with Crippen LogP contribution in [0.4, 0.5) is 4.39 Å². The fraction of sp³-hybridized carbons (Fsp3) is 0.120. The van der Waals surface area contributed by atoms with E-state index in [1.807, 2.05) is 49.4 Å². The van der Waals surface area contributed by atoms with Crippen molar-refractivity contribution in [1.29, 1.82) is 5.26 Å². The van der Waals surface area contributed by atoms with Gasteiger partial charge in [0.1, 0.15) is 29.8 Å². The monoisotopic (exact) mass is 526 g/mol. The van der Waals surface area contributed by atoms with Gasteiger partial charge in [0.2, 0.25) is 0 Å². The molecule has 0 heterocycles. The third-order valence-electron chi connectivity index (χ3n) is 4.62. The van der Waals surface area contributed by atoms with E-state index in [0.717, 1.165) is 9.13 Å². The van der Waals surface area contributed by atoms with E-state index in [9.17, 15) is 14.4 Å². The van der Waals surface area contributed by atoms with Crippen LogP contribution in [-0.4, -0.2) is 5.91 Å². The summed E-state index contributed by atoms with van der Waals surface area (Å²) in [6, 6.07) is 23.1. The van der Waals surface area contributed by atoms with Crippen LogP contribution in [0.1, 0.15) is 29.7 Å². The van der Waals surface area contributed by atoms with E-state index < -0.39 is 5.91 Å². The van der Waals surface area contributed by atoms with Gasteiger partial charge in [-0.1, -0.05) is 54.6 Å². The molecule has 0 fully saturated rings. The number of nitriles is 1. The third kappa shape index (κ3) is 6.15. The van der Waals surface area contributed by atoms with Crippen LogP contribution in [0.15, 0.2) is 78.4 Å². The molecule has 156 valence electrons. The van der Waals surface area contributed by atoms with Gasteiger partial charge in [-0.25, -0.2) is 4.39 Å². The molecule has 0 aliphatic carbocycles. The van der Waals surface area contributed by atoms with Gasteiger partial charge in [-0.3, -0.25) is 4.79 Å². The minimum Gasteiger partial charge on any atom is -0.488 e. The molecule has 0 spiro atoms. The average Bonchev–Trinajstić information content (AvgIpc) is 2.78. The standard InChI is InChI=1S/C25H20FIN2O2/c1-17(19-7-3-2-4-8-19)29-25(30)21(15-28)13-18-11-12-24(23(27)14-18)31-16-20-9-5-6-10-22(20)26/h2-14,17H,16H2,1H3,(H,29,30)/b21-13-/t17-/m1/s1. The fourth-order valence-electron chi connectivity index (χ4n) is 2.91. The van der Waals surface area contributed by atoms with Gasteiger partial charge >= 0.3 is 0 Å². The van der Waals surface area contributed by atoms with Gasteiger partial charge in [0, 0.05) is 5.56 Å². The van der Waals surface area contributed by atoms with E-state index in [2.05, 4.69) is 27.9 Å². The van der Waals surface area contributed by atoms with E-state index >= 15 is 0 Å². The third-order valence-corrected chi connectivity index (χ3v) is 5.46. The van der Waals surface area contributed by atoms with Gasteiger partial charge in [-0.15, -0.1) is 0 Å². The second kappa shape index (κ2) is 10.7. The second-order valence-corrected chi connectivity index (χ2v) is 8.01. The van der Waals surface area contributed by atoms with Gasteiger partial charge in [0.25, 0.3) is 5.91 Å². The van der Waals surface area contributed by atoms with Gasteiger partial charge in [0.05, 0.1) is 9.61 Å². The molecule has 0 unspecified atom stereocenters. The van der Waals surface area contributed by atoms with Crippen LogP contribution in [0.25, 0.3) is 6.08 Å². The quantitative estimate of drug-likeness (QED) is 0.241. The minimum atomic E-state index is -0.436. The Morgan fingerprint density at radius 3 is 2.55 bits per heavy atom. The summed E-state index contributed by atoms with van der Waals surface area (Å²) < 4.78 is 20.3. The topological polar surface area (TPSA) is 62.1 Å². The Morgan fingerprint density at radius 2 is 1.87 bits per heavy atom. The van der Waals surface area contributed by atoms with Crippen molar-refractivity contribution in [2.24, 2.45) is 0 Å². The number of benzene rings is 3. The number of amides is 1. The lowest BCUT2D eigenvalue weighted by molar-refractivity contribution is -0.117. The van der Waals surface area contributed by atoms with Crippen molar-refractivity contribution in [2.75, 3.05) is 0 Å². The Labute approximate surface area is 194 Å². The van der Waals surface area contributed by atoms with Gasteiger partial charge in [-0.05, 0) is 64.9 Å². The highest BCUT2D eigenvalue weighted by molar-refractivity contribution is 14.1. The Bertz CT molecular complexity index is 1140.